The summed E-state index contributed by atoms with van der Waals surface area (Å²) in [6.07, 6.45) is 0. The van der Waals surface area contributed by atoms with Crippen LogP contribution in [-0.4, -0.2) is 44.5 Å². The maximum atomic E-state index is 12.2. The molecule has 0 spiro atoms. The summed E-state index contributed by atoms with van der Waals surface area (Å²) in [5.41, 5.74) is 5.08. The molecule has 2 N–H and O–H groups in total. The van der Waals surface area contributed by atoms with Gasteiger partial charge in [0, 0.05) is 47.0 Å². The molecule has 1 aliphatic rings. The molecule has 1 amide bonds. The number of nitro groups is 1. The molecule has 0 saturated carbocycles. The second-order valence-corrected chi connectivity index (χ2v) is 6.39. The Hall–Kier alpha value is -1.67. The van der Waals surface area contributed by atoms with Crippen LogP contribution in [-0.2, 0) is 10.8 Å². The summed E-state index contributed by atoms with van der Waals surface area (Å²) in [7, 11) is -0.902. The van der Waals surface area contributed by atoms with Gasteiger partial charge in [-0.15, -0.1) is 0 Å². The number of carbonyl (C=O) groups excluding carboxylic acids is 1. The van der Waals surface area contributed by atoms with E-state index < -0.39 is 15.7 Å². The maximum Gasteiger partial charge on any atom is 0.294 e. The molecule has 0 radical (unpaired) electrons. The van der Waals surface area contributed by atoms with Crippen LogP contribution in [0.3, 0.4) is 0 Å². The summed E-state index contributed by atoms with van der Waals surface area (Å²) >= 11 is 5.82. The van der Waals surface area contributed by atoms with E-state index in [1.54, 1.807) is 0 Å². The summed E-state index contributed by atoms with van der Waals surface area (Å²) < 4.78 is 11.3. The lowest BCUT2D eigenvalue weighted by Crippen LogP contribution is -2.41. The first-order chi connectivity index (χ1) is 9.40. The van der Waals surface area contributed by atoms with Gasteiger partial charge in [-0.1, -0.05) is 11.6 Å². The van der Waals surface area contributed by atoms with Crippen molar-refractivity contribution >= 4 is 39.7 Å². The van der Waals surface area contributed by atoms with Crippen LogP contribution < -0.4 is 5.73 Å². The zero-order valence-corrected chi connectivity index (χ0v) is 11.9. The van der Waals surface area contributed by atoms with Crippen LogP contribution in [0.25, 0.3) is 0 Å². The van der Waals surface area contributed by atoms with Gasteiger partial charge in [-0.3, -0.25) is 19.1 Å². The molecule has 1 fully saturated rings. The summed E-state index contributed by atoms with van der Waals surface area (Å²) in [5, 5.41) is 10.8. The number of anilines is 1. The Morgan fingerprint density at radius 3 is 2.55 bits per heavy atom. The lowest BCUT2D eigenvalue weighted by molar-refractivity contribution is -0.383. The van der Waals surface area contributed by atoms with E-state index >= 15 is 0 Å². The standard InChI is InChI=1S/C11H12ClN3O4S/c12-8-5-7(6-9(10(8)13)15(17)18)11(16)14-1-3-20(19)4-2-14/h5-6H,1-4,13H2. The van der Waals surface area contributed by atoms with Gasteiger partial charge >= 0.3 is 0 Å². The molecule has 1 aromatic rings. The van der Waals surface area contributed by atoms with Gasteiger partial charge in [0.2, 0.25) is 0 Å². The second-order valence-electron chi connectivity index (χ2n) is 4.29. The number of nitrogens with zero attached hydrogens (tertiary/aromatic N) is 2. The van der Waals surface area contributed by atoms with Crippen molar-refractivity contribution in [2.24, 2.45) is 0 Å². The summed E-state index contributed by atoms with van der Waals surface area (Å²) in [6, 6.07) is 2.44. The van der Waals surface area contributed by atoms with Crippen molar-refractivity contribution in [2.45, 2.75) is 0 Å². The van der Waals surface area contributed by atoms with E-state index in [1.807, 2.05) is 0 Å². The minimum Gasteiger partial charge on any atom is -0.392 e. The SMILES string of the molecule is Nc1c(Cl)cc(C(=O)N2CCS(=O)CC2)cc1[N+](=O)[O-]. The Morgan fingerprint density at radius 2 is 2.00 bits per heavy atom. The normalized spacial score (nSPS) is 16.1. The number of carbonyl (C=O) groups is 1. The molecule has 1 aromatic carbocycles. The monoisotopic (exact) mass is 317 g/mol. The van der Waals surface area contributed by atoms with Crippen molar-refractivity contribution < 1.29 is 13.9 Å². The summed E-state index contributed by atoms with van der Waals surface area (Å²) in [4.78, 5) is 23.9. The topological polar surface area (TPSA) is 107 Å². The highest BCUT2D eigenvalue weighted by Crippen LogP contribution is 2.31. The number of benzene rings is 1. The highest BCUT2D eigenvalue weighted by atomic mass is 35.5. The molecule has 1 saturated heterocycles. The van der Waals surface area contributed by atoms with Gasteiger partial charge in [0.15, 0.2) is 0 Å². The predicted molar refractivity (Wildman–Crippen MR) is 76.3 cm³/mol. The van der Waals surface area contributed by atoms with Crippen molar-refractivity contribution in [3.63, 3.8) is 0 Å². The van der Waals surface area contributed by atoms with Crippen molar-refractivity contribution in [3.05, 3.63) is 32.8 Å². The number of nitrogen functional groups attached to an aromatic ring is 1. The van der Waals surface area contributed by atoms with Crippen LogP contribution in [0.1, 0.15) is 10.4 Å². The first kappa shape index (κ1) is 14.7. The molecule has 0 bridgehead atoms. The third-order valence-corrected chi connectivity index (χ3v) is 4.60. The number of halogens is 1. The number of nitrogens with two attached hydrogens (primary N) is 1. The summed E-state index contributed by atoms with van der Waals surface area (Å²) in [6.45, 7) is 0.725. The van der Waals surface area contributed by atoms with E-state index in [1.165, 1.54) is 11.0 Å². The molecule has 0 atom stereocenters. The van der Waals surface area contributed by atoms with Gasteiger partial charge in [-0.05, 0) is 6.07 Å². The summed E-state index contributed by atoms with van der Waals surface area (Å²) in [5.74, 6) is 0.458. The van der Waals surface area contributed by atoms with Crippen molar-refractivity contribution in [3.8, 4) is 0 Å². The van der Waals surface area contributed by atoms with E-state index in [0.717, 1.165) is 6.07 Å². The van der Waals surface area contributed by atoms with Crippen molar-refractivity contribution in [2.75, 3.05) is 30.3 Å². The first-order valence-electron chi connectivity index (χ1n) is 5.78. The molecular formula is C11H12ClN3O4S. The minimum absolute atomic E-state index is 0.0249. The molecular weight excluding hydrogens is 306 g/mol. The highest BCUT2D eigenvalue weighted by molar-refractivity contribution is 7.85. The van der Waals surface area contributed by atoms with Gasteiger partial charge < -0.3 is 10.6 Å². The Bertz CT molecular complexity index is 598. The maximum absolute atomic E-state index is 12.2. The Labute approximate surface area is 122 Å². The fourth-order valence-corrected chi connectivity index (χ4v) is 3.17. The van der Waals surface area contributed by atoms with Gasteiger partial charge in [-0.2, -0.15) is 0 Å². The number of hydrogen-bond donors (Lipinski definition) is 1. The fraction of sp³-hybridized carbons (Fsp3) is 0.364. The molecule has 0 aliphatic carbocycles. The molecule has 1 aliphatic heterocycles. The molecule has 2 rings (SSSR count). The van der Waals surface area contributed by atoms with Crippen molar-refractivity contribution in [1.29, 1.82) is 0 Å². The Kier molecular flexibility index (Phi) is 4.24. The van der Waals surface area contributed by atoms with Crippen LogP contribution in [0, 0.1) is 10.1 Å². The van der Waals surface area contributed by atoms with E-state index in [-0.39, 0.29) is 27.9 Å². The zero-order valence-electron chi connectivity index (χ0n) is 10.4. The molecule has 108 valence electrons. The quantitative estimate of drug-likeness (QED) is 0.498. The van der Waals surface area contributed by atoms with Crippen LogP contribution in [0.5, 0.6) is 0 Å². The Morgan fingerprint density at radius 1 is 1.40 bits per heavy atom. The zero-order chi connectivity index (χ0) is 14.9. The third-order valence-electron chi connectivity index (χ3n) is 3.02. The number of hydrogen-bond acceptors (Lipinski definition) is 5. The smallest absolute Gasteiger partial charge is 0.294 e. The minimum atomic E-state index is -0.902. The average Bonchev–Trinajstić information content (AvgIpc) is 2.41. The number of rotatable bonds is 2. The average molecular weight is 318 g/mol. The van der Waals surface area contributed by atoms with Crippen LogP contribution in [0.4, 0.5) is 11.4 Å². The van der Waals surface area contributed by atoms with Gasteiger partial charge in [0.05, 0.1) is 9.95 Å². The predicted octanol–water partition coefficient (Wildman–Crippen LogP) is 1.03. The van der Waals surface area contributed by atoms with Crippen LogP contribution in [0.2, 0.25) is 5.02 Å². The van der Waals surface area contributed by atoms with Gasteiger partial charge in [0.25, 0.3) is 11.6 Å². The molecule has 0 aromatic heterocycles. The largest absolute Gasteiger partial charge is 0.392 e. The number of nitro benzene ring substituents is 1. The third kappa shape index (κ3) is 2.91. The number of amides is 1. The first-order valence-corrected chi connectivity index (χ1v) is 7.64. The molecule has 9 heteroatoms. The molecule has 20 heavy (non-hydrogen) atoms. The Balaban J connectivity index is 2.30. The molecule has 1 heterocycles. The van der Waals surface area contributed by atoms with E-state index in [9.17, 15) is 19.1 Å². The highest BCUT2D eigenvalue weighted by Gasteiger charge is 2.25. The lowest BCUT2D eigenvalue weighted by atomic mass is 10.1. The van der Waals surface area contributed by atoms with E-state index in [2.05, 4.69) is 0 Å². The van der Waals surface area contributed by atoms with Gasteiger partial charge in [0.1, 0.15) is 5.69 Å². The van der Waals surface area contributed by atoms with E-state index in [0.29, 0.717) is 24.6 Å². The van der Waals surface area contributed by atoms with E-state index in [4.69, 9.17) is 17.3 Å². The molecule has 7 nitrogen and oxygen atoms in total. The molecule has 0 unspecified atom stereocenters. The van der Waals surface area contributed by atoms with Crippen LogP contribution >= 0.6 is 11.6 Å². The lowest BCUT2D eigenvalue weighted by Gasteiger charge is -2.26. The fourth-order valence-electron chi connectivity index (χ4n) is 1.90. The van der Waals surface area contributed by atoms with Crippen LogP contribution in [0.15, 0.2) is 12.1 Å². The van der Waals surface area contributed by atoms with Gasteiger partial charge in [-0.25, -0.2) is 0 Å². The second kappa shape index (κ2) is 5.76. The van der Waals surface area contributed by atoms with Crippen molar-refractivity contribution in [1.82, 2.24) is 4.90 Å².